The minimum Gasteiger partial charge on any atom is -0.493 e. The van der Waals surface area contributed by atoms with Gasteiger partial charge in [0.1, 0.15) is 0 Å². The van der Waals surface area contributed by atoms with Gasteiger partial charge in [0.05, 0.1) is 20.3 Å². The molecule has 0 amide bonds. The second-order valence-corrected chi connectivity index (χ2v) is 6.12. The number of nitrogens with zero attached hydrogens (tertiary/aromatic N) is 1. The Labute approximate surface area is 191 Å². The third-order valence-electron chi connectivity index (χ3n) is 4.09. The highest BCUT2D eigenvalue weighted by molar-refractivity contribution is 14.0. The zero-order valence-electron chi connectivity index (χ0n) is 17.4. The minimum atomic E-state index is 0. The summed E-state index contributed by atoms with van der Waals surface area (Å²) in [5.74, 6) is 2.12. The summed E-state index contributed by atoms with van der Waals surface area (Å²) >= 11 is 0. The SMILES string of the molecule is CCOc1cc(NC(=NC)NCCCOCCc2ccccc2)ccc1OC.I. The molecule has 0 unspecified atom stereocenters. The highest BCUT2D eigenvalue weighted by atomic mass is 127. The van der Waals surface area contributed by atoms with Crippen LogP contribution in [-0.2, 0) is 11.2 Å². The summed E-state index contributed by atoms with van der Waals surface area (Å²) in [6.07, 6.45) is 1.85. The van der Waals surface area contributed by atoms with E-state index in [0.29, 0.717) is 30.7 Å². The highest BCUT2D eigenvalue weighted by Crippen LogP contribution is 2.30. The summed E-state index contributed by atoms with van der Waals surface area (Å²) in [5.41, 5.74) is 2.19. The zero-order chi connectivity index (χ0) is 20.0. The van der Waals surface area contributed by atoms with Crippen LogP contribution in [0.15, 0.2) is 53.5 Å². The molecule has 2 rings (SSSR count). The lowest BCUT2D eigenvalue weighted by Gasteiger charge is -2.14. The van der Waals surface area contributed by atoms with E-state index in [1.807, 2.05) is 31.2 Å². The highest BCUT2D eigenvalue weighted by Gasteiger charge is 2.06. The lowest BCUT2D eigenvalue weighted by atomic mass is 10.2. The molecule has 0 saturated carbocycles. The van der Waals surface area contributed by atoms with Crippen LogP contribution in [0, 0.1) is 0 Å². The summed E-state index contributed by atoms with van der Waals surface area (Å²) in [7, 11) is 3.38. The van der Waals surface area contributed by atoms with Crippen LogP contribution in [0.25, 0.3) is 0 Å². The molecule has 7 heteroatoms. The first-order chi connectivity index (χ1) is 13.8. The lowest BCUT2D eigenvalue weighted by molar-refractivity contribution is 0.135. The molecule has 0 bridgehead atoms. The maximum atomic E-state index is 5.71. The largest absolute Gasteiger partial charge is 0.493 e. The van der Waals surface area contributed by atoms with E-state index < -0.39 is 0 Å². The third-order valence-corrected chi connectivity index (χ3v) is 4.09. The van der Waals surface area contributed by atoms with Gasteiger partial charge in [0, 0.05) is 32.0 Å². The number of rotatable bonds is 11. The van der Waals surface area contributed by atoms with E-state index in [1.165, 1.54) is 5.56 Å². The molecule has 0 aliphatic heterocycles. The number of benzene rings is 2. The van der Waals surface area contributed by atoms with Gasteiger partial charge in [0.25, 0.3) is 0 Å². The third kappa shape index (κ3) is 9.36. The molecule has 0 aromatic heterocycles. The molecule has 2 aromatic carbocycles. The molecular formula is C22H32IN3O3. The van der Waals surface area contributed by atoms with Crippen molar-refractivity contribution in [1.82, 2.24) is 5.32 Å². The smallest absolute Gasteiger partial charge is 0.195 e. The number of ether oxygens (including phenoxy) is 3. The Kier molecular flexibility index (Phi) is 12.9. The van der Waals surface area contributed by atoms with Crippen molar-refractivity contribution < 1.29 is 14.2 Å². The quantitative estimate of drug-likeness (QED) is 0.203. The molecule has 0 aliphatic rings. The summed E-state index contributed by atoms with van der Waals surface area (Å²) < 4.78 is 16.6. The summed E-state index contributed by atoms with van der Waals surface area (Å²) in [6, 6.07) is 16.1. The number of anilines is 1. The van der Waals surface area contributed by atoms with Crippen LogP contribution in [0.1, 0.15) is 18.9 Å². The van der Waals surface area contributed by atoms with Crippen molar-refractivity contribution >= 4 is 35.6 Å². The standard InChI is InChI=1S/C22H31N3O3.HI/c1-4-28-21-17-19(11-12-20(21)26-3)25-22(23-2)24-14-8-15-27-16-13-18-9-6-5-7-10-18;/h5-7,9-12,17H,4,8,13-16H2,1-3H3,(H2,23,24,25);1H. The molecule has 2 aromatic rings. The van der Waals surface area contributed by atoms with E-state index in [0.717, 1.165) is 31.7 Å². The fourth-order valence-corrected chi connectivity index (χ4v) is 2.66. The van der Waals surface area contributed by atoms with E-state index >= 15 is 0 Å². The summed E-state index contributed by atoms with van der Waals surface area (Å²) in [5, 5.41) is 6.56. The average molecular weight is 513 g/mol. The maximum Gasteiger partial charge on any atom is 0.195 e. The maximum absolute atomic E-state index is 5.71. The zero-order valence-corrected chi connectivity index (χ0v) is 19.8. The number of guanidine groups is 1. The van der Waals surface area contributed by atoms with Gasteiger partial charge in [-0.3, -0.25) is 4.99 Å². The molecule has 0 radical (unpaired) electrons. The number of nitrogens with one attached hydrogen (secondary N) is 2. The van der Waals surface area contributed by atoms with E-state index in [1.54, 1.807) is 14.2 Å². The van der Waals surface area contributed by atoms with Crippen LogP contribution in [0.3, 0.4) is 0 Å². The predicted octanol–water partition coefficient (Wildman–Crippen LogP) is 4.35. The van der Waals surface area contributed by atoms with E-state index in [9.17, 15) is 0 Å². The summed E-state index contributed by atoms with van der Waals surface area (Å²) in [4.78, 5) is 4.26. The van der Waals surface area contributed by atoms with Crippen molar-refractivity contribution in [2.45, 2.75) is 19.8 Å². The Morgan fingerprint density at radius 1 is 1.03 bits per heavy atom. The van der Waals surface area contributed by atoms with Gasteiger partial charge >= 0.3 is 0 Å². The molecule has 6 nitrogen and oxygen atoms in total. The predicted molar refractivity (Wildman–Crippen MR) is 130 cm³/mol. The van der Waals surface area contributed by atoms with Gasteiger partial charge < -0.3 is 24.8 Å². The van der Waals surface area contributed by atoms with Crippen molar-refractivity contribution in [2.75, 3.05) is 45.8 Å². The van der Waals surface area contributed by atoms with Crippen LogP contribution in [0.4, 0.5) is 5.69 Å². The van der Waals surface area contributed by atoms with Crippen molar-refractivity contribution in [1.29, 1.82) is 0 Å². The van der Waals surface area contributed by atoms with Gasteiger partial charge in [-0.15, -0.1) is 24.0 Å². The van der Waals surface area contributed by atoms with Crippen LogP contribution in [0.5, 0.6) is 11.5 Å². The fourth-order valence-electron chi connectivity index (χ4n) is 2.66. The normalized spacial score (nSPS) is 10.8. The van der Waals surface area contributed by atoms with Crippen LogP contribution in [0.2, 0.25) is 0 Å². The molecule has 0 atom stereocenters. The molecule has 29 heavy (non-hydrogen) atoms. The van der Waals surface area contributed by atoms with E-state index in [4.69, 9.17) is 14.2 Å². The first-order valence-corrected chi connectivity index (χ1v) is 9.67. The van der Waals surface area contributed by atoms with Crippen LogP contribution >= 0.6 is 24.0 Å². The second-order valence-electron chi connectivity index (χ2n) is 6.12. The molecular weight excluding hydrogens is 481 g/mol. The Morgan fingerprint density at radius 3 is 2.52 bits per heavy atom. The van der Waals surface area contributed by atoms with E-state index in [2.05, 4.69) is 39.9 Å². The minimum absolute atomic E-state index is 0. The summed E-state index contributed by atoms with van der Waals surface area (Å²) in [6.45, 7) is 4.76. The van der Waals surface area contributed by atoms with Gasteiger partial charge in [0.2, 0.25) is 0 Å². The lowest BCUT2D eigenvalue weighted by Crippen LogP contribution is -2.32. The van der Waals surface area contributed by atoms with Gasteiger partial charge in [-0.1, -0.05) is 30.3 Å². The van der Waals surface area contributed by atoms with Crippen LogP contribution in [-0.4, -0.2) is 46.5 Å². The van der Waals surface area contributed by atoms with E-state index in [-0.39, 0.29) is 24.0 Å². The molecule has 0 saturated heterocycles. The Hall–Kier alpha value is -2.00. The monoisotopic (exact) mass is 513 g/mol. The van der Waals surface area contributed by atoms with Gasteiger partial charge in [-0.2, -0.15) is 0 Å². The van der Waals surface area contributed by atoms with Crippen molar-refractivity contribution in [3.63, 3.8) is 0 Å². The molecule has 160 valence electrons. The number of methoxy groups -OCH3 is 1. The Balaban J connectivity index is 0.00000420. The number of halogens is 1. The first kappa shape index (κ1) is 25.0. The molecule has 0 aliphatic carbocycles. The topological polar surface area (TPSA) is 64.1 Å². The van der Waals surface area contributed by atoms with Crippen molar-refractivity contribution in [2.24, 2.45) is 4.99 Å². The average Bonchev–Trinajstić information content (AvgIpc) is 2.73. The van der Waals surface area contributed by atoms with Crippen molar-refractivity contribution in [3.05, 3.63) is 54.1 Å². The number of hydrogen-bond acceptors (Lipinski definition) is 4. The molecule has 0 heterocycles. The first-order valence-electron chi connectivity index (χ1n) is 9.67. The Morgan fingerprint density at radius 2 is 1.83 bits per heavy atom. The second kappa shape index (κ2) is 14.9. The molecule has 2 N–H and O–H groups in total. The van der Waals surface area contributed by atoms with Gasteiger partial charge in [-0.25, -0.2) is 0 Å². The number of aliphatic imine (C=N–C) groups is 1. The Bertz CT molecular complexity index is 726. The molecule has 0 fully saturated rings. The van der Waals surface area contributed by atoms with Crippen molar-refractivity contribution in [3.8, 4) is 11.5 Å². The van der Waals surface area contributed by atoms with Gasteiger partial charge in [0.15, 0.2) is 17.5 Å². The number of hydrogen-bond donors (Lipinski definition) is 2. The van der Waals surface area contributed by atoms with Crippen LogP contribution < -0.4 is 20.1 Å². The molecule has 0 spiro atoms. The van der Waals surface area contributed by atoms with Gasteiger partial charge in [-0.05, 0) is 37.5 Å². The fraction of sp³-hybridized carbons (Fsp3) is 0.409.